The molecule has 0 nitrogen and oxygen atoms in total. The van der Waals surface area contributed by atoms with Gasteiger partial charge in [0.15, 0.2) is 0 Å². The van der Waals surface area contributed by atoms with Crippen molar-refractivity contribution in [1.82, 2.24) is 0 Å². The monoisotopic (exact) mass is 166 g/mol. The molecule has 0 N–H and O–H groups in total. The Morgan fingerprint density at radius 3 is 1.20 bits per heavy atom. The first-order chi connectivity index (χ1) is 1.41. The van der Waals surface area contributed by atoms with Crippen LogP contribution in [0.1, 0.15) is 0 Å². The van der Waals surface area contributed by atoms with Crippen molar-refractivity contribution in [3.05, 3.63) is 0 Å². The topological polar surface area (TPSA) is 0 Å². The van der Waals surface area contributed by atoms with Gasteiger partial charge in [-0.25, -0.2) is 0 Å². The van der Waals surface area contributed by atoms with Gasteiger partial charge in [0.05, 0.1) is 0 Å². The Hall–Kier alpha value is 2.14. The van der Waals surface area contributed by atoms with Crippen LogP contribution in [0.25, 0.3) is 0 Å². The van der Waals surface area contributed by atoms with Crippen LogP contribution in [-0.4, -0.2) is 8.41 Å². The molecule has 0 aliphatic carbocycles. The van der Waals surface area contributed by atoms with Crippen molar-refractivity contribution in [2.75, 3.05) is 0 Å². The van der Waals surface area contributed by atoms with Crippen LogP contribution in [0.15, 0.2) is 0 Å². The summed E-state index contributed by atoms with van der Waals surface area (Å²) >= 11 is 0.569. The predicted octanol–water partition coefficient (Wildman–Crippen LogP) is -3.07. The van der Waals surface area contributed by atoms with Gasteiger partial charge < -0.3 is 0 Å². The minimum absolute atomic E-state index is 0. The molecule has 0 radical (unpaired) electrons. The van der Waals surface area contributed by atoms with Crippen molar-refractivity contribution >= 4 is 28.8 Å². The molecule has 0 unspecified atom stereocenters. The van der Waals surface area contributed by atoms with Gasteiger partial charge in [0.25, 0.3) is 0 Å². The van der Waals surface area contributed by atoms with E-state index in [2.05, 4.69) is 0 Å². The van der Waals surface area contributed by atoms with E-state index in [0.29, 0.717) is 12.7 Å². The minimum atomic E-state index is 0. The Bertz CT molecular complexity index is 9.61. The van der Waals surface area contributed by atoms with Crippen molar-refractivity contribution in [1.29, 1.82) is 0 Å². The largest absolute Gasteiger partial charge is 1.00 e. The fraction of sp³-hybridized carbons (Fsp3) is 0. The average Bonchev–Trinajstić information content (AvgIpc) is 0.918. The van der Waals surface area contributed by atoms with Crippen LogP contribution >= 0.6 is 20.4 Å². The zero-order chi connectivity index (χ0) is 2.71. The maximum absolute atomic E-state index is 4.70. The van der Waals surface area contributed by atoms with E-state index in [4.69, 9.17) is 20.4 Å². The summed E-state index contributed by atoms with van der Waals surface area (Å²) in [6.07, 6.45) is 0. The molecule has 0 rings (SSSR count). The summed E-state index contributed by atoms with van der Waals surface area (Å²) in [7, 11) is 9.40. The van der Waals surface area contributed by atoms with Gasteiger partial charge in [-0.1, -0.05) is 8.41 Å². The number of rotatable bonds is 0. The number of hydrogen-bond acceptors (Lipinski definition) is 0. The van der Waals surface area contributed by atoms with Crippen molar-refractivity contribution in [2.45, 2.75) is 0 Å². The molecular weight excluding hydrogens is 163 g/mol. The van der Waals surface area contributed by atoms with Gasteiger partial charge in [-0.3, -0.25) is 0 Å². The molecular formula is H4BCl2NaNi. The zero-order valence-corrected chi connectivity index (χ0v) is 6.57. The second-order valence-electron chi connectivity index (χ2n) is 0.0452. The SMILES string of the molecule is [BH4-].[Cl][Ni][Cl].[Na+]. The Labute approximate surface area is 70.2 Å². The van der Waals surface area contributed by atoms with Gasteiger partial charge in [0.1, 0.15) is 0 Å². The van der Waals surface area contributed by atoms with Crippen molar-refractivity contribution < 1.29 is 42.2 Å². The molecule has 0 aliphatic heterocycles. The minimum Gasteiger partial charge on any atom is 1.00 e. The van der Waals surface area contributed by atoms with Gasteiger partial charge in [-0.15, -0.1) is 0 Å². The van der Waals surface area contributed by atoms with Crippen LogP contribution in [-0.2, 0) is 12.7 Å². The van der Waals surface area contributed by atoms with Crippen molar-refractivity contribution in [3.8, 4) is 0 Å². The van der Waals surface area contributed by atoms with E-state index >= 15 is 0 Å². The molecule has 32 valence electrons. The van der Waals surface area contributed by atoms with E-state index in [-0.39, 0.29) is 38.0 Å². The van der Waals surface area contributed by atoms with E-state index in [1.807, 2.05) is 0 Å². The second-order valence-corrected chi connectivity index (χ2v) is 1.68. The fourth-order valence-electron chi connectivity index (χ4n) is 0. The summed E-state index contributed by atoms with van der Waals surface area (Å²) in [5, 5.41) is 0. The zero-order valence-electron chi connectivity index (χ0n) is 2.07. The van der Waals surface area contributed by atoms with E-state index in [0.717, 1.165) is 0 Å². The Kier molecular flexibility index (Phi) is 51.7. The van der Waals surface area contributed by atoms with Crippen LogP contribution in [0.4, 0.5) is 0 Å². The van der Waals surface area contributed by atoms with E-state index in [1.54, 1.807) is 0 Å². The summed E-state index contributed by atoms with van der Waals surface area (Å²) in [4.78, 5) is 0. The normalized spacial score (nSPS) is 4.40. The van der Waals surface area contributed by atoms with E-state index < -0.39 is 0 Å². The van der Waals surface area contributed by atoms with Crippen molar-refractivity contribution in [3.63, 3.8) is 0 Å². The predicted molar refractivity (Wildman–Crippen MR) is 23.0 cm³/mol. The van der Waals surface area contributed by atoms with Gasteiger partial charge in [0.2, 0.25) is 0 Å². The quantitative estimate of drug-likeness (QED) is 0.336. The van der Waals surface area contributed by atoms with Gasteiger partial charge in [0, 0.05) is 0 Å². The smallest absolute Gasteiger partial charge is 1.00 e. The summed E-state index contributed by atoms with van der Waals surface area (Å²) in [5.74, 6) is 0. The molecule has 5 heavy (non-hydrogen) atoms. The number of hydrogen-bond donors (Lipinski definition) is 0. The summed E-state index contributed by atoms with van der Waals surface area (Å²) in [5.41, 5.74) is 0. The molecule has 0 aromatic rings. The standard InChI is InChI=1S/BH4.2ClH.Na.Ni/h1H4;2*1H;;/q-1;;;+1;+2/p-2. The van der Waals surface area contributed by atoms with E-state index in [1.165, 1.54) is 0 Å². The first-order valence-electron chi connectivity index (χ1n) is 0.239. The molecule has 0 aliphatic rings. The maximum atomic E-state index is 4.70. The molecule has 0 aromatic carbocycles. The molecule has 0 aromatic heterocycles. The summed E-state index contributed by atoms with van der Waals surface area (Å²) in [6.45, 7) is 0. The molecule has 0 bridgehead atoms. The Balaban J connectivity index is -0.0000000200. The molecule has 0 spiro atoms. The molecule has 5 heteroatoms. The van der Waals surface area contributed by atoms with Gasteiger partial charge in [-0.2, -0.15) is 0 Å². The Morgan fingerprint density at radius 2 is 1.20 bits per heavy atom. The van der Waals surface area contributed by atoms with Crippen LogP contribution < -0.4 is 29.6 Å². The first kappa shape index (κ1) is 15.7. The average molecular weight is 167 g/mol. The van der Waals surface area contributed by atoms with Gasteiger partial charge in [-0.05, 0) is 0 Å². The van der Waals surface area contributed by atoms with Crippen LogP contribution in [0.5, 0.6) is 0 Å². The van der Waals surface area contributed by atoms with Crippen LogP contribution in [0, 0.1) is 0 Å². The number of halogens is 2. The summed E-state index contributed by atoms with van der Waals surface area (Å²) in [6, 6.07) is 0. The third kappa shape index (κ3) is 23.0. The molecule has 0 amide bonds. The summed E-state index contributed by atoms with van der Waals surface area (Å²) < 4.78 is 0. The Morgan fingerprint density at radius 1 is 1.20 bits per heavy atom. The molecule has 0 saturated heterocycles. The fourth-order valence-corrected chi connectivity index (χ4v) is 0. The van der Waals surface area contributed by atoms with Crippen LogP contribution in [0.3, 0.4) is 0 Å². The van der Waals surface area contributed by atoms with Gasteiger partial charge >= 0.3 is 62.6 Å². The van der Waals surface area contributed by atoms with E-state index in [9.17, 15) is 0 Å². The molecule has 0 atom stereocenters. The second kappa shape index (κ2) is 16.5. The molecule has 0 fully saturated rings. The third-order valence-corrected chi connectivity index (χ3v) is 0. The molecule has 0 saturated carbocycles. The van der Waals surface area contributed by atoms with Crippen LogP contribution in [0.2, 0.25) is 0 Å². The van der Waals surface area contributed by atoms with Crippen molar-refractivity contribution in [2.24, 2.45) is 0 Å². The first-order valence-corrected chi connectivity index (χ1v) is 2.96. The molecule has 0 heterocycles. The third-order valence-electron chi connectivity index (χ3n) is 0. The maximum Gasteiger partial charge on any atom is 1.00 e.